The van der Waals surface area contributed by atoms with E-state index in [1.54, 1.807) is 14.1 Å². The highest BCUT2D eigenvalue weighted by atomic mass is 32.1. The predicted molar refractivity (Wildman–Crippen MR) is 74.9 cm³/mol. The third kappa shape index (κ3) is 2.67. The van der Waals surface area contributed by atoms with Crippen molar-refractivity contribution in [3.05, 3.63) is 17.1 Å². The summed E-state index contributed by atoms with van der Waals surface area (Å²) >= 11 is 1.23. The molecule has 0 aliphatic rings. The van der Waals surface area contributed by atoms with E-state index in [2.05, 4.69) is 20.0 Å². The van der Waals surface area contributed by atoms with Crippen molar-refractivity contribution >= 4 is 27.9 Å². The molecule has 0 bridgehead atoms. The molecule has 8 nitrogen and oxygen atoms in total. The fourth-order valence-corrected chi connectivity index (χ4v) is 2.65. The van der Waals surface area contributed by atoms with E-state index in [9.17, 15) is 4.79 Å². The summed E-state index contributed by atoms with van der Waals surface area (Å²) in [4.78, 5) is 17.8. The van der Waals surface area contributed by atoms with Crippen LogP contribution in [0.2, 0.25) is 0 Å². The summed E-state index contributed by atoms with van der Waals surface area (Å²) in [5.41, 5.74) is 6.28. The molecule has 20 heavy (non-hydrogen) atoms. The van der Waals surface area contributed by atoms with Gasteiger partial charge in [0.15, 0.2) is 11.6 Å². The number of nitrogen functional groups attached to an aromatic ring is 1. The molecular formula is C11H15N5O3S. The van der Waals surface area contributed by atoms with Crippen molar-refractivity contribution in [1.82, 2.24) is 15.0 Å². The SMILES string of the molecule is COc1c(NCc2ncon2)sc(C(=O)N(C)C)c1N. The molecule has 2 rings (SSSR count). The Bertz CT molecular complexity index is 593. The summed E-state index contributed by atoms with van der Waals surface area (Å²) in [7, 11) is 4.84. The molecule has 2 aromatic rings. The summed E-state index contributed by atoms with van der Waals surface area (Å²) < 4.78 is 9.89. The van der Waals surface area contributed by atoms with E-state index in [4.69, 9.17) is 10.5 Å². The second-order valence-electron chi connectivity index (χ2n) is 4.11. The fourth-order valence-electron chi connectivity index (χ4n) is 1.54. The van der Waals surface area contributed by atoms with E-state index in [-0.39, 0.29) is 5.91 Å². The van der Waals surface area contributed by atoms with Crippen molar-refractivity contribution in [2.24, 2.45) is 0 Å². The number of carbonyl (C=O) groups is 1. The van der Waals surface area contributed by atoms with Crippen molar-refractivity contribution in [3.8, 4) is 5.75 Å². The van der Waals surface area contributed by atoms with Gasteiger partial charge in [0.2, 0.25) is 6.39 Å². The van der Waals surface area contributed by atoms with Crippen LogP contribution >= 0.6 is 11.3 Å². The summed E-state index contributed by atoms with van der Waals surface area (Å²) in [5.74, 6) is 0.779. The molecule has 0 atom stereocenters. The Hall–Kier alpha value is -2.29. The first-order chi connectivity index (χ1) is 9.54. The fraction of sp³-hybridized carbons (Fsp3) is 0.364. The molecule has 0 saturated heterocycles. The highest BCUT2D eigenvalue weighted by Gasteiger charge is 2.23. The third-order valence-corrected chi connectivity index (χ3v) is 3.65. The van der Waals surface area contributed by atoms with Crippen LogP contribution in [0.25, 0.3) is 0 Å². The van der Waals surface area contributed by atoms with Crippen LogP contribution in [0, 0.1) is 0 Å². The normalized spacial score (nSPS) is 10.3. The quantitative estimate of drug-likeness (QED) is 0.849. The highest BCUT2D eigenvalue weighted by Crippen LogP contribution is 2.42. The Labute approximate surface area is 119 Å². The number of hydrogen-bond acceptors (Lipinski definition) is 8. The molecule has 0 unspecified atom stereocenters. The molecule has 0 radical (unpaired) electrons. The number of thiophene rings is 1. The topological polar surface area (TPSA) is 107 Å². The molecule has 1 amide bonds. The van der Waals surface area contributed by atoms with E-state index in [1.807, 2.05) is 0 Å². The van der Waals surface area contributed by atoms with Gasteiger partial charge in [0.1, 0.15) is 15.6 Å². The Morgan fingerprint density at radius 3 is 2.90 bits per heavy atom. The van der Waals surface area contributed by atoms with Gasteiger partial charge < -0.3 is 25.2 Å². The lowest BCUT2D eigenvalue weighted by Crippen LogP contribution is -2.21. The zero-order valence-electron chi connectivity index (χ0n) is 11.3. The number of nitrogens with zero attached hydrogens (tertiary/aromatic N) is 3. The smallest absolute Gasteiger partial charge is 0.265 e. The Kier molecular flexibility index (Phi) is 4.08. The van der Waals surface area contributed by atoms with E-state index < -0.39 is 0 Å². The number of anilines is 2. The maximum Gasteiger partial charge on any atom is 0.265 e. The number of nitrogens with one attached hydrogen (secondary N) is 1. The van der Waals surface area contributed by atoms with Crippen LogP contribution in [-0.4, -0.2) is 42.2 Å². The average molecular weight is 297 g/mol. The largest absolute Gasteiger partial charge is 0.492 e. The van der Waals surface area contributed by atoms with Crippen molar-refractivity contribution in [3.63, 3.8) is 0 Å². The number of ether oxygens (including phenoxy) is 1. The van der Waals surface area contributed by atoms with E-state index in [0.717, 1.165) is 0 Å². The van der Waals surface area contributed by atoms with Crippen LogP contribution in [-0.2, 0) is 6.54 Å². The van der Waals surface area contributed by atoms with Gasteiger partial charge in [0, 0.05) is 14.1 Å². The van der Waals surface area contributed by atoms with Crippen molar-refractivity contribution in [2.45, 2.75) is 6.54 Å². The summed E-state index contributed by atoms with van der Waals surface area (Å²) in [6, 6.07) is 0. The number of rotatable bonds is 5. The minimum atomic E-state index is -0.168. The van der Waals surface area contributed by atoms with Gasteiger partial charge in [-0.15, -0.1) is 11.3 Å². The van der Waals surface area contributed by atoms with Crippen LogP contribution in [0.3, 0.4) is 0 Å². The van der Waals surface area contributed by atoms with Gasteiger partial charge in [0.05, 0.1) is 13.7 Å². The number of hydrogen-bond donors (Lipinski definition) is 2. The molecule has 0 saturated carbocycles. The lowest BCUT2D eigenvalue weighted by Gasteiger charge is -2.08. The molecular weight excluding hydrogens is 282 g/mol. The van der Waals surface area contributed by atoms with Crippen LogP contribution < -0.4 is 15.8 Å². The van der Waals surface area contributed by atoms with Crippen molar-refractivity contribution in [1.29, 1.82) is 0 Å². The summed E-state index contributed by atoms with van der Waals surface area (Å²) in [6.07, 6.45) is 1.25. The van der Waals surface area contributed by atoms with E-state index in [1.165, 1.54) is 29.7 Å². The lowest BCUT2D eigenvalue weighted by atomic mass is 10.3. The highest BCUT2D eigenvalue weighted by molar-refractivity contribution is 7.19. The van der Waals surface area contributed by atoms with Crippen LogP contribution in [0.1, 0.15) is 15.5 Å². The average Bonchev–Trinajstić information content (AvgIpc) is 3.03. The van der Waals surface area contributed by atoms with Crippen LogP contribution in [0.4, 0.5) is 10.7 Å². The zero-order valence-corrected chi connectivity index (χ0v) is 12.2. The van der Waals surface area contributed by atoms with Gasteiger partial charge in [-0.25, -0.2) is 0 Å². The first-order valence-electron chi connectivity index (χ1n) is 5.71. The Balaban J connectivity index is 2.24. The molecule has 2 aromatic heterocycles. The molecule has 108 valence electrons. The predicted octanol–water partition coefficient (Wildman–Crippen LogP) is 1.04. The van der Waals surface area contributed by atoms with Gasteiger partial charge in [-0.2, -0.15) is 4.98 Å². The first kappa shape index (κ1) is 14.1. The summed E-state index contributed by atoms with van der Waals surface area (Å²) in [5, 5.41) is 7.42. The standard InChI is InChI=1S/C11H15N5O3S/c1-16(2)11(17)9-7(12)8(18-3)10(20-9)13-4-6-14-5-19-15-6/h5,13H,4,12H2,1-3H3. The molecule has 0 aliphatic carbocycles. The molecule has 3 N–H and O–H groups in total. The molecule has 0 aliphatic heterocycles. The number of nitrogens with two attached hydrogens (primary N) is 1. The number of aromatic nitrogens is 2. The van der Waals surface area contributed by atoms with Crippen molar-refractivity contribution < 1.29 is 14.1 Å². The van der Waals surface area contributed by atoms with Gasteiger partial charge in [-0.3, -0.25) is 4.79 Å². The van der Waals surface area contributed by atoms with Gasteiger partial charge in [-0.1, -0.05) is 5.16 Å². The summed E-state index contributed by atoms with van der Waals surface area (Å²) in [6.45, 7) is 0.350. The minimum Gasteiger partial charge on any atom is -0.492 e. The molecule has 0 fully saturated rings. The lowest BCUT2D eigenvalue weighted by molar-refractivity contribution is 0.0833. The minimum absolute atomic E-state index is 0.168. The third-order valence-electron chi connectivity index (χ3n) is 2.52. The second-order valence-corrected chi connectivity index (χ2v) is 5.13. The van der Waals surface area contributed by atoms with Gasteiger partial charge >= 0.3 is 0 Å². The van der Waals surface area contributed by atoms with E-state index in [0.29, 0.717) is 33.7 Å². The van der Waals surface area contributed by atoms with Crippen LogP contribution in [0.15, 0.2) is 10.9 Å². The maximum atomic E-state index is 12.0. The zero-order chi connectivity index (χ0) is 14.7. The molecule has 0 aromatic carbocycles. The van der Waals surface area contributed by atoms with Crippen molar-refractivity contribution in [2.75, 3.05) is 32.3 Å². The van der Waals surface area contributed by atoms with E-state index >= 15 is 0 Å². The Morgan fingerprint density at radius 1 is 1.60 bits per heavy atom. The number of carbonyl (C=O) groups excluding carboxylic acids is 1. The number of methoxy groups -OCH3 is 1. The Morgan fingerprint density at radius 2 is 2.35 bits per heavy atom. The molecule has 9 heteroatoms. The first-order valence-corrected chi connectivity index (χ1v) is 6.53. The second kappa shape index (κ2) is 5.78. The maximum absolute atomic E-state index is 12.0. The van der Waals surface area contributed by atoms with Gasteiger partial charge in [-0.05, 0) is 0 Å². The number of amides is 1. The van der Waals surface area contributed by atoms with Gasteiger partial charge in [0.25, 0.3) is 5.91 Å². The monoisotopic (exact) mass is 297 g/mol. The molecule has 0 spiro atoms. The molecule has 2 heterocycles. The van der Waals surface area contributed by atoms with Crippen LogP contribution in [0.5, 0.6) is 5.75 Å².